The van der Waals surface area contributed by atoms with Crippen molar-refractivity contribution in [2.75, 3.05) is 26.4 Å². The van der Waals surface area contributed by atoms with Crippen LogP contribution in [0.3, 0.4) is 0 Å². The van der Waals surface area contributed by atoms with Crippen LogP contribution < -0.4 is 10.5 Å². The number of aromatic nitrogens is 4. The largest absolute Gasteiger partial charge is 0.439 e. The summed E-state index contributed by atoms with van der Waals surface area (Å²) in [5.41, 5.74) is 11.0. The van der Waals surface area contributed by atoms with Gasteiger partial charge in [-0.2, -0.15) is 0 Å². The van der Waals surface area contributed by atoms with Crippen LogP contribution in [0.25, 0.3) is 27.7 Å². The highest BCUT2D eigenvalue weighted by molar-refractivity contribution is 5.92. The molecule has 0 radical (unpaired) electrons. The standard InChI is InChI=1S/C29H30N6O/c1-18-13-25(36-22-7-5-4-6-8-22)32-24-16-20(9-10-23(18)24)26-27-28(30)31-11-12-35(27)29(33-26)21-14-19(15-21)17-34(2)3/h4-13,16,19,21H,14-15,17H2,1-3H3,(H2,30,31). The molecule has 3 heterocycles. The van der Waals surface area contributed by atoms with Gasteiger partial charge in [0.2, 0.25) is 5.88 Å². The van der Waals surface area contributed by atoms with Gasteiger partial charge in [-0.05, 0) is 63.5 Å². The van der Waals surface area contributed by atoms with Crippen molar-refractivity contribution in [1.82, 2.24) is 24.3 Å². The summed E-state index contributed by atoms with van der Waals surface area (Å²) in [6.07, 6.45) is 6.01. The number of para-hydroxylation sites is 1. The lowest BCUT2D eigenvalue weighted by Crippen LogP contribution is -2.32. The first-order chi connectivity index (χ1) is 17.5. The fourth-order valence-electron chi connectivity index (χ4n) is 5.37. The molecule has 5 aromatic rings. The second-order valence-corrected chi connectivity index (χ2v) is 10.1. The normalized spacial score (nSPS) is 17.6. The summed E-state index contributed by atoms with van der Waals surface area (Å²) in [7, 11) is 4.27. The third-order valence-electron chi connectivity index (χ3n) is 7.07. The summed E-state index contributed by atoms with van der Waals surface area (Å²) < 4.78 is 8.16. The van der Waals surface area contributed by atoms with Crippen molar-refractivity contribution in [3.63, 3.8) is 0 Å². The minimum absolute atomic E-state index is 0.421. The monoisotopic (exact) mass is 478 g/mol. The first kappa shape index (κ1) is 22.5. The molecular formula is C29H30N6O. The number of benzene rings is 2. The Bertz CT molecular complexity index is 1550. The summed E-state index contributed by atoms with van der Waals surface area (Å²) in [5.74, 6) is 4.01. The van der Waals surface area contributed by atoms with Gasteiger partial charge in [0.1, 0.15) is 28.6 Å². The van der Waals surface area contributed by atoms with Gasteiger partial charge in [0.15, 0.2) is 0 Å². The van der Waals surface area contributed by atoms with Crippen LogP contribution in [0.5, 0.6) is 11.6 Å². The summed E-state index contributed by atoms with van der Waals surface area (Å²) >= 11 is 0. The van der Waals surface area contributed by atoms with Gasteiger partial charge in [-0.15, -0.1) is 0 Å². The number of rotatable bonds is 6. The number of aryl methyl sites for hydroxylation is 1. The predicted octanol–water partition coefficient (Wildman–Crippen LogP) is 5.68. The molecule has 1 fully saturated rings. The van der Waals surface area contributed by atoms with Crippen molar-refractivity contribution in [1.29, 1.82) is 0 Å². The Morgan fingerprint density at radius 2 is 1.86 bits per heavy atom. The molecule has 36 heavy (non-hydrogen) atoms. The van der Waals surface area contributed by atoms with Gasteiger partial charge in [0.05, 0.1) is 5.52 Å². The molecule has 0 unspecified atom stereocenters. The van der Waals surface area contributed by atoms with E-state index in [9.17, 15) is 0 Å². The smallest absolute Gasteiger partial charge is 0.220 e. The highest BCUT2D eigenvalue weighted by Gasteiger charge is 2.34. The Morgan fingerprint density at radius 1 is 1.06 bits per heavy atom. The van der Waals surface area contributed by atoms with Gasteiger partial charge in [-0.1, -0.05) is 30.3 Å². The molecule has 0 amide bonds. The lowest BCUT2D eigenvalue weighted by Gasteiger charge is -2.36. The summed E-state index contributed by atoms with van der Waals surface area (Å²) in [4.78, 5) is 16.6. The Kier molecular flexibility index (Phi) is 5.57. The number of hydrogen-bond acceptors (Lipinski definition) is 6. The number of imidazole rings is 1. The Morgan fingerprint density at radius 3 is 2.64 bits per heavy atom. The zero-order valence-electron chi connectivity index (χ0n) is 20.8. The van der Waals surface area contributed by atoms with E-state index in [4.69, 9.17) is 20.4 Å². The molecule has 0 spiro atoms. The van der Waals surface area contributed by atoms with Crippen molar-refractivity contribution in [3.05, 3.63) is 78.4 Å². The van der Waals surface area contributed by atoms with E-state index in [1.54, 1.807) is 6.20 Å². The second-order valence-electron chi connectivity index (χ2n) is 10.1. The molecule has 1 aliphatic carbocycles. The first-order valence-electron chi connectivity index (χ1n) is 12.4. The molecule has 0 bridgehead atoms. The van der Waals surface area contributed by atoms with Gasteiger partial charge >= 0.3 is 0 Å². The Hall–Kier alpha value is -3.97. The molecule has 2 aromatic carbocycles. The molecule has 1 aliphatic rings. The number of nitrogen functional groups attached to an aromatic ring is 1. The average molecular weight is 479 g/mol. The van der Waals surface area contributed by atoms with Crippen LogP contribution in [0.4, 0.5) is 5.82 Å². The number of nitrogens with two attached hydrogens (primary N) is 1. The zero-order chi connectivity index (χ0) is 24.8. The first-order valence-corrected chi connectivity index (χ1v) is 12.4. The van der Waals surface area contributed by atoms with E-state index < -0.39 is 0 Å². The van der Waals surface area contributed by atoms with E-state index in [1.807, 2.05) is 42.6 Å². The quantitative estimate of drug-likeness (QED) is 0.338. The fourth-order valence-corrected chi connectivity index (χ4v) is 5.37. The summed E-state index contributed by atoms with van der Waals surface area (Å²) in [6.45, 7) is 3.19. The molecule has 0 aliphatic heterocycles. The molecule has 2 N–H and O–H groups in total. The number of pyridine rings is 1. The van der Waals surface area contributed by atoms with E-state index in [0.29, 0.717) is 23.5 Å². The van der Waals surface area contributed by atoms with Crippen molar-refractivity contribution >= 4 is 22.2 Å². The van der Waals surface area contributed by atoms with Crippen molar-refractivity contribution < 1.29 is 4.74 Å². The van der Waals surface area contributed by atoms with Crippen molar-refractivity contribution in [2.45, 2.75) is 25.7 Å². The Labute approximate surface area is 210 Å². The molecule has 7 heteroatoms. The molecule has 3 aromatic heterocycles. The molecular weight excluding hydrogens is 448 g/mol. The molecule has 0 saturated heterocycles. The van der Waals surface area contributed by atoms with E-state index in [1.165, 1.54) is 0 Å². The van der Waals surface area contributed by atoms with Crippen molar-refractivity contribution in [2.24, 2.45) is 5.92 Å². The van der Waals surface area contributed by atoms with Gasteiger partial charge in [0.25, 0.3) is 0 Å². The maximum Gasteiger partial charge on any atom is 0.220 e. The summed E-state index contributed by atoms with van der Waals surface area (Å²) in [6, 6.07) is 18.0. The van der Waals surface area contributed by atoms with Gasteiger partial charge < -0.3 is 15.4 Å². The van der Waals surface area contributed by atoms with Crippen LogP contribution >= 0.6 is 0 Å². The maximum absolute atomic E-state index is 6.39. The van der Waals surface area contributed by atoms with Crippen molar-refractivity contribution in [3.8, 4) is 22.9 Å². The topological polar surface area (TPSA) is 81.6 Å². The highest BCUT2D eigenvalue weighted by atomic mass is 16.5. The van der Waals surface area contributed by atoms with Crippen LogP contribution in [-0.4, -0.2) is 44.9 Å². The average Bonchev–Trinajstić information content (AvgIpc) is 3.22. The van der Waals surface area contributed by atoms with E-state index in [-0.39, 0.29) is 0 Å². The predicted molar refractivity (Wildman–Crippen MR) is 143 cm³/mol. The number of ether oxygens (including phenoxy) is 1. The van der Waals surface area contributed by atoms with Gasteiger partial charge in [0, 0.05) is 41.9 Å². The van der Waals surface area contributed by atoms with Crippen LogP contribution in [0.2, 0.25) is 0 Å². The number of fused-ring (bicyclic) bond motifs is 2. The summed E-state index contributed by atoms with van der Waals surface area (Å²) in [5, 5.41) is 1.08. The SMILES string of the molecule is Cc1cc(Oc2ccccc2)nc2cc(-c3nc(C4CC(CN(C)C)C4)n4ccnc(N)c34)ccc12. The van der Waals surface area contributed by atoms with Crippen LogP contribution in [0.1, 0.15) is 30.1 Å². The Balaban J connectivity index is 1.40. The van der Waals surface area contributed by atoms with E-state index in [0.717, 1.165) is 64.2 Å². The third kappa shape index (κ3) is 4.05. The van der Waals surface area contributed by atoms with E-state index in [2.05, 4.69) is 53.5 Å². The number of anilines is 1. The molecule has 182 valence electrons. The molecule has 0 atom stereocenters. The zero-order valence-corrected chi connectivity index (χ0v) is 20.8. The van der Waals surface area contributed by atoms with Crippen LogP contribution in [0, 0.1) is 12.8 Å². The number of hydrogen-bond donors (Lipinski definition) is 1. The van der Waals surface area contributed by atoms with Gasteiger partial charge in [-0.3, -0.25) is 4.40 Å². The second kappa shape index (κ2) is 8.91. The number of nitrogens with zero attached hydrogens (tertiary/aromatic N) is 5. The minimum atomic E-state index is 0.421. The fraction of sp³-hybridized carbons (Fsp3) is 0.276. The molecule has 7 nitrogen and oxygen atoms in total. The van der Waals surface area contributed by atoms with Gasteiger partial charge in [-0.25, -0.2) is 15.0 Å². The molecule has 1 saturated carbocycles. The maximum atomic E-state index is 6.39. The van der Waals surface area contributed by atoms with E-state index >= 15 is 0 Å². The molecule has 6 rings (SSSR count). The lowest BCUT2D eigenvalue weighted by molar-refractivity contribution is 0.194. The van der Waals surface area contributed by atoms with Crippen LogP contribution in [0.15, 0.2) is 67.0 Å². The minimum Gasteiger partial charge on any atom is -0.439 e. The highest BCUT2D eigenvalue weighted by Crippen LogP contribution is 2.43. The third-order valence-corrected chi connectivity index (χ3v) is 7.07. The van der Waals surface area contributed by atoms with Crippen LogP contribution in [-0.2, 0) is 0 Å². The lowest BCUT2D eigenvalue weighted by atomic mass is 9.74.